The van der Waals surface area contributed by atoms with Crippen molar-refractivity contribution >= 4 is 18.3 Å². The van der Waals surface area contributed by atoms with Gasteiger partial charge in [0.05, 0.1) is 7.11 Å². The van der Waals surface area contributed by atoms with E-state index in [0.717, 1.165) is 11.3 Å². The van der Waals surface area contributed by atoms with Crippen LogP contribution in [0.3, 0.4) is 0 Å². The van der Waals surface area contributed by atoms with E-state index in [9.17, 15) is 5.11 Å². The van der Waals surface area contributed by atoms with Gasteiger partial charge in [0.1, 0.15) is 5.75 Å². The molecule has 0 aliphatic carbocycles. The standard InChI is InChI=1S/C9H11NO2.ClH/c1-6-5-7(9(10)11)3-4-8(6)12-2;/h3-5H,1-2H3,(H2,10,11);1H/p-1. The predicted molar refractivity (Wildman–Crippen MR) is 51.8 cm³/mol. The van der Waals surface area contributed by atoms with Crippen LogP contribution in [-0.2, 0) is 0 Å². The monoisotopic (exact) mass is 200 g/mol. The summed E-state index contributed by atoms with van der Waals surface area (Å²) in [6.07, 6.45) is 0. The minimum absolute atomic E-state index is 0. The molecule has 0 atom stereocenters. The number of hydrogen-bond acceptors (Lipinski definition) is 3. The van der Waals surface area contributed by atoms with Crippen molar-refractivity contribution in [1.29, 1.82) is 5.41 Å². The molecule has 1 rings (SSSR count). The van der Waals surface area contributed by atoms with E-state index >= 15 is 0 Å². The summed E-state index contributed by atoms with van der Waals surface area (Å²) in [5, 5.41) is 17.5. The Bertz CT molecular complexity index is 312. The van der Waals surface area contributed by atoms with Gasteiger partial charge in [-0.15, -0.1) is 12.4 Å². The maximum absolute atomic E-state index is 10.6. The average Bonchev–Trinajstić information content (AvgIpc) is 2.04. The van der Waals surface area contributed by atoms with Crippen molar-refractivity contribution in [3.63, 3.8) is 0 Å². The number of nitrogens with one attached hydrogen (secondary N) is 1. The van der Waals surface area contributed by atoms with Crippen LogP contribution in [0.5, 0.6) is 5.75 Å². The molecule has 0 radical (unpaired) electrons. The first-order valence-electron chi connectivity index (χ1n) is 3.55. The van der Waals surface area contributed by atoms with E-state index in [1.54, 1.807) is 25.3 Å². The van der Waals surface area contributed by atoms with Gasteiger partial charge < -0.3 is 15.3 Å². The van der Waals surface area contributed by atoms with E-state index < -0.39 is 5.90 Å². The lowest BCUT2D eigenvalue weighted by atomic mass is 10.1. The Kier molecular flexibility index (Phi) is 4.28. The molecule has 4 heteroatoms. The lowest BCUT2D eigenvalue weighted by molar-refractivity contribution is -0.214. The maximum Gasteiger partial charge on any atom is 0.121 e. The molecule has 0 aromatic heterocycles. The normalized spacial score (nSPS) is 8.77. The smallest absolute Gasteiger partial charge is 0.121 e. The fraction of sp³-hybridized carbons (Fsp3) is 0.222. The van der Waals surface area contributed by atoms with E-state index in [0.29, 0.717) is 5.56 Å². The molecule has 0 amide bonds. The minimum Gasteiger partial charge on any atom is -0.859 e. The van der Waals surface area contributed by atoms with Crippen molar-refractivity contribution in [2.75, 3.05) is 7.11 Å². The van der Waals surface area contributed by atoms with Gasteiger partial charge in [-0.25, -0.2) is 0 Å². The van der Waals surface area contributed by atoms with Gasteiger partial charge in [-0.3, -0.25) is 0 Å². The van der Waals surface area contributed by atoms with Gasteiger partial charge in [0.2, 0.25) is 0 Å². The van der Waals surface area contributed by atoms with Crippen molar-refractivity contribution < 1.29 is 9.84 Å². The van der Waals surface area contributed by atoms with Crippen LogP contribution < -0.4 is 9.84 Å². The molecule has 0 saturated heterocycles. The molecule has 0 unspecified atom stereocenters. The molecular weight excluding hydrogens is 190 g/mol. The van der Waals surface area contributed by atoms with Gasteiger partial charge in [0, 0.05) is 0 Å². The van der Waals surface area contributed by atoms with Crippen LogP contribution in [0.1, 0.15) is 11.1 Å². The molecule has 0 bridgehead atoms. The van der Waals surface area contributed by atoms with Gasteiger partial charge in [-0.1, -0.05) is 6.07 Å². The van der Waals surface area contributed by atoms with Gasteiger partial charge in [0.25, 0.3) is 0 Å². The topological polar surface area (TPSA) is 56.1 Å². The molecule has 1 aromatic carbocycles. The number of aryl methyl sites for hydroxylation is 1. The lowest BCUT2D eigenvalue weighted by Crippen LogP contribution is -2.16. The first kappa shape index (κ1) is 11.8. The summed E-state index contributed by atoms with van der Waals surface area (Å²) in [4.78, 5) is 0. The number of benzene rings is 1. The molecule has 1 aromatic rings. The summed E-state index contributed by atoms with van der Waals surface area (Å²) in [5.41, 5.74) is 1.27. The SMILES string of the molecule is COc1ccc(C(=N)[O-])cc1C.Cl. The number of hydrogen-bond donors (Lipinski definition) is 1. The highest BCUT2D eigenvalue weighted by atomic mass is 35.5. The van der Waals surface area contributed by atoms with Gasteiger partial charge >= 0.3 is 0 Å². The van der Waals surface area contributed by atoms with Crippen LogP contribution in [-0.4, -0.2) is 13.0 Å². The first-order valence-corrected chi connectivity index (χ1v) is 3.55. The van der Waals surface area contributed by atoms with Crippen molar-refractivity contribution in [3.05, 3.63) is 29.3 Å². The first-order chi connectivity index (χ1) is 5.65. The van der Waals surface area contributed by atoms with E-state index in [1.165, 1.54) is 0 Å². The Morgan fingerprint density at radius 3 is 2.46 bits per heavy atom. The summed E-state index contributed by atoms with van der Waals surface area (Å²) in [6, 6.07) is 4.92. The van der Waals surface area contributed by atoms with Crippen LogP contribution in [0.2, 0.25) is 0 Å². The average molecular weight is 201 g/mol. The van der Waals surface area contributed by atoms with Gasteiger partial charge in [-0.05, 0) is 36.1 Å². The highest BCUT2D eigenvalue weighted by molar-refractivity contribution is 5.88. The second-order valence-electron chi connectivity index (χ2n) is 2.51. The quantitative estimate of drug-likeness (QED) is 0.575. The van der Waals surface area contributed by atoms with Gasteiger partial charge in [0.15, 0.2) is 0 Å². The Labute approximate surface area is 83.3 Å². The molecule has 0 aliphatic rings. The third kappa shape index (κ3) is 2.63. The van der Waals surface area contributed by atoms with E-state index in [2.05, 4.69) is 0 Å². The zero-order chi connectivity index (χ0) is 9.14. The molecule has 3 nitrogen and oxygen atoms in total. The molecule has 0 spiro atoms. The summed E-state index contributed by atoms with van der Waals surface area (Å²) in [7, 11) is 1.57. The Morgan fingerprint density at radius 1 is 1.46 bits per heavy atom. The van der Waals surface area contributed by atoms with Crippen LogP contribution in [0.15, 0.2) is 18.2 Å². The van der Waals surface area contributed by atoms with Crippen molar-refractivity contribution in [3.8, 4) is 5.75 Å². The largest absolute Gasteiger partial charge is 0.859 e. The number of rotatable bonds is 2. The number of methoxy groups -OCH3 is 1. The molecule has 0 fully saturated rings. The predicted octanol–water partition coefficient (Wildman–Crippen LogP) is 1.11. The van der Waals surface area contributed by atoms with E-state index in [-0.39, 0.29) is 12.4 Å². The molecule has 1 N–H and O–H groups in total. The maximum atomic E-state index is 10.6. The van der Waals surface area contributed by atoms with Crippen LogP contribution >= 0.6 is 12.4 Å². The summed E-state index contributed by atoms with van der Waals surface area (Å²) >= 11 is 0. The van der Waals surface area contributed by atoms with Crippen LogP contribution in [0.4, 0.5) is 0 Å². The van der Waals surface area contributed by atoms with Crippen molar-refractivity contribution in [2.24, 2.45) is 0 Å². The fourth-order valence-electron chi connectivity index (χ4n) is 1.02. The molecule has 72 valence electrons. The Morgan fingerprint density at radius 2 is 2.08 bits per heavy atom. The third-order valence-electron chi connectivity index (χ3n) is 1.66. The minimum atomic E-state index is -0.666. The molecular formula is C9H11ClNO2-. The van der Waals surface area contributed by atoms with Crippen molar-refractivity contribution in [2.45, 2.75) is 6.92 Å². The zero-order valence-corrected chi connectivity index (χ0v) is 8.27. The Hall–Kier alpha value is -1.22. The number of ether oxygens (including phenoxy) is 1. The third-order valence-corrected chi connectivity index (χ3v) is 1.66. The summed E-state index contributed by atoms with van der Waals surface area (Å²) < 4.78 is 5.01. The van der Waals surface area contributed by atoms with Crippen molar-refractivity contribution in [1.82, 2.24) is 0 Å². The zero-order valence-electron chi connectivity index (χ0n) is 7.46. The lowest BCUT2D eigenvalue weighted by Gasteiger charge is -2.10. The Balaban J connectivity index is 0.00000144. The second kappa shape index (κ2) is 4.72. The fourth-order valence-corrected chi connectivity index (χ4v) is 1.02. The highest BCUT2D eigenvalue weighted by Crippen LogP contribution is 2.17. The molecule has 0 heterocycles. The molecule has 0 aliphatic heterocycles. The van der Waals surface area contributed by atoms with E-state index in [1.807, 2.05) is 6.92 Å². The highest BCUT2D eigenvalue weighted by Gasteiger charge is 1.98. The second-order valence-corrected chi connectivity index (χ2v) is 2.51. The van der Waals surface area contributed by atoms with E-state index in [4.69, 9.17) is 10.1 Å². The van der Waals surface area contributed by atoms with Crippen LogP contribution in [0.25, 0.3) is 0 Å². The summed E-state index contributed by atoms with van der Waals surface area (Å²) in [6.45, 7) is 1.84. The molecule has 0 saturated carbocycles. The summed E-state index contributed by atoms with van der Waals surface area (Å²) in [5.74, 6) is 0.0701. The van der Waals surface area contributed by atoms with Gasteiger partial charge in [-0.2, -0.15) is 0 Å². The van der Waals surface area contributed by atoms with Crippen LogP contribution in [0, 0.1) is 12.3 Å². The molecule has 13 heavy (non-hydrogen) atoms. The number of halogens is 1.